The van der Waals surface area contributed by atoms with Crippen LogP contribution < -0.4 is 10.6 Å². The summed E-state index contributed by atoms with van der Waals surface area (Å²) < 4.78 is 0. The van der Waals surface area contributed by atoms with E-state index in [2.05, 4.69) is 39.3 Å². The molecule has 1 amide bonds. The van der Waals surface area contributed by atoms with Crippen molar-refractivity contribution < 1.29 is 4.79 Å². The average molecular weight is 378 g/mol. The van der Waals surface area contributed by atoms with Crippen LogP contribution in [0.25, 0.3) is 0 Å². The molecule has 154 valence electrons. The summed E-state index contributed by atoms with van der Waals surface area (Å²) in [5, 5.41) is 7.07. The van der Waals surface area contributed by atoms with Crippen LogP contribution in [-0.2, 0) is 4.79 Å². The second-order valence-corrected chi connectivity index (χ2v) is 9.38. The summed E-state index contributed by atoms with van der Waals surface area (Å²) in [6.07, 6.45) is 8.46. The Bertz CT molecular complexity index is 511. The molecule has 0 radical (unpaired) electrons. The number of piperazine rings is 1. The molecule has 0 aromatic rings. The summed E-state index contributed by atoms with van der Waals surface area (Å²) in [6.45, 7) is 10.4. The molecular formula is C21H39N5O. The Morgan fingerprint density at radius 1 is 1.07 bits per heavy atom. The minimum atomic E-state index is 0.331. The van der Waals surface area contributed by atoms with Crippen LogP contribution in [-0.4, -0.2) is 74.0 Å². The zero-order valence-corrected chi connectivity index (χ0v) is 17.6. The molecule has 0 aromatic heterocycles. The van der Waals surface area contributed by atoms with Crippen LogP contribution in [0.1, 0.15) is 58.8 Å². The van der Waals surface area contributed by atoms with E-state index in [0.29, 0.717) is 23.3 Å². The number of hydrogen-bond acceptors (Lipinski definition) is 3. The number of aliphatic imine (C=N–C) groups is 1. The highest BCUT2D eigenvalue weighted by atomic mass is 16.2. The van der Waals surface area contributed by atoms with Gasteiger partial charge >= 0.3 is 0 Å². The van der Waals surface area contributed by atoms with E-state index in [1.165, 1.54) is 32.1 Å². The topological polar surface area (TPSA) is 60.0 Å². The fourth-order valence-electron chi connectivity index (χ4n) is 4.37. The molecule has 1 aliphatic heterocycles. The Morgan fingerprint density at radius 3 is 2.30 bits per heavy atom. The highest BCUT2D eigenvalue weighted by Gasteiger charge is 2.31. The lowest BCUT2D eigenvalue weighted by atomic mass is 9.75. The van der Waals surface area contributed by atoms with Gasteiger partial charge in [0.05, 0.1) is 0 Å². The Morgan fingerprint density at radius 2 is 1.74 bits per heavy atom. The van der Waals surface area contributed by atoms with E-state index < -0.39 is 0 Å². The molecule has 2 saturated carbocycles. The summed E-state index contributed by atoms with van der Waals surface area (Å²) in [4.78, 5) is 21.3. The molecular weight excluding hydrogens is 338 g/mol. The average Bonchev–Trinajstić information content (AvgIpc) is 2.61. The third kappa shape index (κ3) is 5.84. The third-order valence-electron chi connectivity index (χ3n) is 6.76. The molecule has 3 fully saturated rings. The van der Waals surface area contributed by atoms with E-state index in [1.807, 2.05) is 7.05 Å². The quantitative estimate of drug-likeness (QED) is 0.569. The second kappa shape index (κ2) is 9.26. The van der Waals surface area contributed by atoms with Gasteiger partial charge in [-0.3, -0.25) is 14.7 Å². The smallest absolute Gasteiger partial charge is 0.225 e. The predicted molar refractivity (Wildman–Crippen MR) is 111 cm³/mol. The van der Waals surface area contributed by atoms with Crippen molar-refractivity contribution in [1.29, 1.82) is 0 Å². The zero-order chi connectivity index (χ0) is 19.3. The Balaban J connectivity index is 1.30. The van der Waals surface area contributed by atoms with Crippen molar-refractivity contribution in [3.63, 3.8) is 0 Å². The molecule has 3 aliphatic rings. The lowest BCUT2D eigenvalue weighted by molar-refractivity contribution is -0.139. The number of amides is 1. The van der Waals surface area contributed by atoms with Crippen molar-refractivity contribution in [1.82, 2.24) is 20.4 Å². The van der Waals surface area contributed by atoms with Gasteiger partial charge in [0.25, 0.3) is 0 Å². The summed E-state index contributed by atoms with van der Waals surface area (Å²) >= 11 is 0. The number of nitrogens with zero attached hydrogens (tertiary/aromatic N) is 3. The molecule has 1 saturated heterocycles. The van der Waals surface area contributed by atoms with Gasteiger partial charge in [0.2, 0.25) is 5.91 Å². The van der Waals surface area contributed by atoms with Crippen molar-refractivity contribution in [2.24, 2.45) is 16.3 Å². The number of rotatable bonds is 5. The standard InChI is InChI=1S/C21H39N5O/c1-21(2)9-7-18(8-10-21)24-20(22-3)23-11-12-25-13-15-26(16-14-25)19(27)17-5-4-6-17/h17-18H,4-16H2,1-3H3,(H2,22,23,24). The summed E-state index contributed by atoms with van der Waals surface area (Å²) in [6, 6.07) is 0.547. The maximum absolute atomic E-state index is 12.3. The first-order valence-corrected chi connectivity index (χ1v) is 11.0. The first kappa shape index (κ1) is 20.4. The summed E-state index contributed by atoms with van der Waals surface area (Å²) in [7, 11) is 1.85. The fraction of sp³-hybridized carbons (Fsp3) is 0.905. The molecule has 0 aromatic carbocycles. The maximum Gasteiger partial charge on any atom is 0.225 e. The van der Waals surface area contributed by atoms with Crippen LogP contribution in [0.3, 0.4) is 0 Å². The van der Waals surface area contributed by atoms with Crippen LogP contribution in [0, 0.1) is 11.3 Å². The Hall–Kier alpha value is -1.30. The summed E-state index contributed by atoms with van der Waals surface area (Å²) in [5.74, 6) is 1.66. The van der Waals surface area contributed by atoms with Crippen LogP contribution in [0.4, 0.5) is 0 Å². The van der Waals surface area contributed by atoms with Gasteiger partial charge in [0.1, 0.15) is 0 Å². The predicted octanol–water partition coefficient (Wildman–Crippen LogP) is 2.06. The molecule has 6 nitrogen and oxygen atoms in total. The first-order chi connectivity index (χ1) is 13.0. The fourth-order valence-corrected chi connectivity index (χ4v) is 4.37. The molecule has 0 unspecified atom stereocenters. The number of carbonyl (C=O) groups is 1. The number of carbonyl (C=O) groups excluding carboxylic acids is 1. The van der Waals surface area contributed by atoms with Crippen LogP contribution in [0.15, 0.2) is 4.99 Å². The van der Waals surface area contributed by atoms with Crippen LogP contribution >= 0.6 is 0 Å². The third-order valence-corrected chi connectivity index (χ3v) is 6.76. The Labute approximate surface area is 165 Å². The van der Waals surface area contributed by atoms with Gasteiger partial charge in [-0.2, -0.15) is 0 Å². The van der Waals surface area contributed by atoms with Crippen LogP contribution in [0.2, 0.25) is 0 Å². The summed E-state index contributed by atoms with van der Waals surface area (Å²) in [5.41, 5.74) is 0.497. The minimum absolute atomic E-state index is 0.331. The van der Waals surface area contributed by atoms with E-state index in [0.717, 1.165) is 58.1 Å². The second-order valence-electron chi connectivity index (χ2n) is 9.38. The molecule has 27 heavy (non-hydrogen) atoms. The Kier molecular flexibility index (Phi) is 7.01. The van der Waals surface area contributed by atoms with Crippen LogP contribution in [0.5, 0.6) is 0 Å². The number of hydrogen-bond donors (Lipinski definition) is 2. The van der Waals surface area contributed by atoms with Gasteiger partial charge < -0.3 is 15.5 Å². The maximum atomic E-state index is 12.3. The SMILES string of the molecule is CN=C(NCCN1CCN(C(=O)C2CCC2)CC1)NC1CCC(C)(C)CC1. The largest absolute Gasteiger partial charge is 0.355 e. The molecule has 6 heteroatoms. The van der Waals surface area contributed by atoms with Crippen molar-refractivity contribution in [3.8, 4) is 0 Å². The van der Waals surface area contributed by atoms with Gasteiger partial charge in [-0.05, 0) is 43.9 Å². The monoisotopic (exact) mass is 377 g/mol. The highest BCUT2D eigenvalue weighted by Crippen LogP contribution is 2.34. The highest BCUT2D eigenvalue weighted by molar-refractivity contribution is 5.80. The molecule has 2 N–H and O–H groups in total. The van der Waals surface area contributed by atoms with Gasteiger partial charge in [-0.1, -0.05) is 20.3 Å². The molecule has 1 heterocycles. The van der Waals surface area contributed by atoms with Gasteiger partial charge in [-0.15, -0.1) is 0 Å². The molecule has 3 rings (SSSR count). The number of guanidine groups is 1. The van der Waals surface area contributed by atoms with E-state index in [4.69, 9.17) is 0 Å². The van der Waals surface area contributed by atoms with Crippen molar-refractivity contribution in [3.05, 3.63) is 0 Å². The normalized spacial score (nSPS) is 25.1. The van der Waals surface area contributed by atoms with E-state index in [9.17, 15) is 4.79 Å². The lowest BCUT2D eigenvalue weighted by Crippen LogP contribution is -2.53. The van der Waals surface area contributed by atoms with E-state index in [1.54, 1.807) is 0 Å². The van der Waals surface area contributed by atoms with Crippen molar-refractivity contribution in [2.75, 3.05) is 46.3 Å². The molecule has 0 spiro atoms. The van der Waals surface area contributed by atoms with Crippen molar-refractivity contribution >= 4 is 11.9 Å². The lowest BCUT2D eigenvalue weighted by Gasteiger charge is -2.38. The molecule has 0 bridgehead atoms. The molecule has 0 atom stereocenters. The minimum Gasteiger partial charge on any atom is -0.355 e. The number of nitrogens with one attached hydrogen (secondary N) is 2. The van der Waals surface area contributed by atoms with Gasteiger partial charge in [0, 0.05) is 58.3 Å². The van der Waals surface area contributed by atoms with Gasteiger partial charge in [0.15, 0.2) is 5.96 Å². The van der Waals surface area contributed by atoms with E-state index in [-0.39, 0.29) is 0 Å². The first-order valence-electron chi connectivity index (χ1n) is 11.0. The zero-order valence-electron chi connectivity index (χ0n) is 17.6. The van der Waals surface area contributed by atoms with E-state index >= 15 is 0 Å². The molecule has 2 aliphatic carbocycles. The van der Waals surface area contributed by atoms with Crippen molar-refractivity contribution in [2.45, 2.75) is 64.8 Å². The van der Waals surface area contributed by atoms with Gasteiger partial charge in [-0.25, -0.2) is 0 Å².